The number of aromatic nitrogens is 1. The second kappa shape index (κ2) is 8.19. The van der Waals surface area contributed by atoms with Gasteiger partial charge in [0.1, 0.15) is 5.82 Å². The lowest BCUT2D eigenvalue weighted by Crippen LogP contribution is -2.14. The molecule has 0 amide bonds. The number of anilines is 2. The normalized spacial score (nSPS) is 14.3. The van der Waals surface area contributed by atoms with Gasteiger partial charge in [-0.15, -0.1) is 0 Å². The van der Waals surface area contributed by atoms with Crippen LogP contribution < -0.4 is 5.32 Å². The highest BCUT2D eigenvalue weighted by atomic mass is 32.1. The van der Waals surface area contributed by atoms with E-state index < -0.39 is 5.82 Å². The fraction of sp³-hybridized carbons (Fsp3) is 0.200. The molecule has 0 atom stereocenters. The summed E-state index contributed by atoms with van der Waals surface area (Å²) in [5.74, 6) is -1.16. The number of nitrogens with one attached hydrogen (secondary N) is 1. The summed E-state index contributed by atoms with van der Waals surface area (Å²) in [6.45, 7) is 0. The minimum Gasteiger partial charge on any atom is -0.329 e. The molecule has 1 aromatic heterocycles. The van der Waals surface area contributed by atoms with Gasteiger partial charge in [-0.1, -0.05) is 60.6 Å². The molecule has 0 unspecified atom stereocenters. The van der Waals surface area contributed by atoms with Gasteiger partial charge in [0.15, 0.2) is 16.7 Å². The smallest absolute Gasteiger partial charge is 0.188 e. The molecule has 0 bridgehead atoms. The molecule has 0 saturated heterocycles. The first-order valence-electron chi connectivity index (χ1n) is 10.4. The monoisotopic (exact) mass is 434 g/mol. The molecule has 5 rings (SSSR count). The molecule has 1 saturated carbocycles. The zero-order valence-corrected chi connectivity index (χ0v) is 17.5. The zero-order chi connectivity index (χ0) is 21.4. The van der Waals surface area contributed by atoms with Crippen molar-refractivity contribution < 1.29 is 13.6 Å². The van der Waals surface area contributed by atoms with E-state index in [9.17, 15) is 9.18 Å². The molecule has 1 aliphatic rings. The Balaban J connectivity index is 1.60. The van der Waals surface area contributed by atoms with Gasteiger partial charge in [0.25, 0.3) is 0 Å². The van der Waals surface area contributed by atoms with Crippen LogP contribution in [0.25, 0.3) is 21.3 Å². The van der Waals surface area contributed by atoms with Crippen molar-refractivity contribution in [2.75, 3.05) is 5.32 Å². The lowest BCUT2D eigenvalue weighted by molar-refractivity contribution is 0.0919. The van der Waals surface area contributed by atoms with Gasteiger partial charge >= 0.3 is 0 Å². The first-order valence-corrected chi connectivity index (χ1v) is 11.2. The molecule has 0 radical (unpaired) electrons. The third-order valence-corrected chi connectivity index (χ3v) is 6.73. The molecule has 3 aromatic carbocycles. The van der Waals surface area contributed by atoms with Crippen LogP contribution in [0.2, 0.25) is 0 Å². The molecular weight excluding hydrogens is 414 g/mol. The lowest BCUT2D eigenvalue weighted by atomic mass is 9.93. The number of carbonyl (C=O) groups is 1. The van der Waals surface area contributed by atoms with Crippen LogP contribution in [-0.4, -0.2) is 10.8 Å². The SMILES string of the molecule is O=C(c1ccc(-c2ccccc2)c(Nc2nc3ccc(F)cc3s2)c1F)C1CCCC1. The van der Waals surface area contributed by atoms with Crippen LogP contribution in [-0.2, 0) is 0 Å². The Morgan fingerprint density at radius 2 is 1.77 bits per heavy atom. The van der Waals surface area contributed by atoms with E-state index in [-0.39, 0.29) is 28.8 Å². The minimum atomic E-state index is -0.566. The number of halogens is 2. The summed E-state index contributed by atoms with van der Waals surface area (Å²) in [6, 6.07) is 17.2. The number of nitrogens with zero attached hydrogens (tertiary/aromatic N) is 1. The maximum atomic E-state index is 15.8. The Morgan fingerprint density at radius 3 is 2.55 bits per heavy atom. The number of carbonyl (C=O) groups excluding carboxylic acids is 1. The van der Waals surface area contributed by atoms with Gasteiger partial charge in [0.2, 0.25) is 0 Å². The van der Waals surface area contributed by atoms with E-state index in [0.29, 0.717) is 20.9 Å². The van der Waals surface area contributed by atoms with Crippen molar-refractivity contribution in [1.82, 2.24) is 4.98 Å². The van der Waals surface area contributed by atoms with Gasteiger partial charge in [0, 0.05) is 11.5 Å². The summed E-state index contributed by atoms with van der Waals surface area (Å²) in [5, 5.41) is 3.54. The van der Waals surface area contributed by atoms with Gasteiger partial charge in [-0.3, -0.25) is 4.79 Å². The molecule has 0 aliphatic heterocycles. The second-order valence-electron chi connectivity index (χ2n) is 7.82. The molecule has 1 aliphatic carbocycles. The summed E-state index contributed by atoms with van der Waals surface area (Å²) >= 11 is 1.24. The highest BCUT2D eigenvalue weighted by molar-refractivity contribution is 7.22. The Morgan fingerprint density at radius 1 is 1.00 bits per heavy atom. The summed E-state index contributed by atoms with van der Waals surface area (Å²) in [6.07, 6.45) is 3.64. The number of hydrogen-bond acceptors (Lipinski definition) is 4. The average Bonchev–Trinajstić information content (AvgIpc) is 3.45. The van der Waals surface area contributed by atoms with Gasteiger partial charge < -0.3 is 5.32 Å². The molecule has 0 spiro atoms. The van der Waals surface area contributed by atoms with E-state index in [1.54, 1.807) is 18.2 Å². The quantitative estimate of drug-likeness (QED) is 0.334. The van der Waals surface area contributed by atoms with Crippen molar-refractivity contribution in [3.05, 3.63) is 77.9 Å². The van der Waals surface area contributed by atoms with E-state index in [4.69, 9.17) is 0 Å². The summed E-state index contributed by atoms with van der Waals surface area (Å²) < 4.78 is 30.0. The summed E-state index contributed by atoms with van der Waals surface area (Å²) in [4.78, 5) is 17.4. The first-order chi connectivity index (χ1) is 15.1. The van der Waals surface area contributed by atoms with Gasteiger partial charge in [0.05, 0.1) is 21.5 Å². The van der Waals surface area contributed by atoms with Gasteiger partial charge in [-0.2, -0.15) is 0 Å². The number of Topliss-reactive ketones (excluding diaryl/α,β-unsaturated/α-hetero) is 1. The number of benzene rings is 3. The fourth-order valence-electron chi connectivity index (χ4n) is 4.21. The molecule has 156 valence electrons. The zero-order valence-electron chi connectivity index (χ0n) is 16.7. The van der Waals surface area contributed by atoms with Crippen LogP contribution in [0.3, 0.4) is 0 Å². The number of fused-ring (bicyclic) bond motifs is 1. The molecule has 1 fully saturated rings. The van der Waals surface area contributed by atoms with E-state index in [1.807, 2.05) is 30.3 Å². The van der Waals surface area contributed by atoms with Crippen molar-refractivity contribution in [2.24, 2.45) is 5.92 Å². The number of ketones is 1. The standard InChI is InChI=1S/C25H20F2N2OS/c26-17-10-13-20-21(14-17)31-25(28-20)29-23-18(15-6-2-1-3-7-15)11-12-19(22(23)27)24(30)16-8-4-5-9-16/h1-3,6-7,10-14,16H,4-5,8-9H2,(H,28,29). The number of thiazole rings is 1. The first kappa shape index (κ1) is 19.8. The van der Waals surface area contributed by atoms with Crippen molar-refractivity contribution >= 4 is 38.2 Å². The van der Waals surface area contributed by atoms with Gasteiger partial charge in [-0.25, -0.2) is 13.8 Å². The summed E-state index contributed by atoms with van der Waals surface area (Å²) in [5.41, 5.74) is 2.44. The molecule has 31 heavy (non-hydrogen) atoms. The number of hydrogen-bond donors (Lipinski definition) is 1. The Hall–Kier alpha value is -3.12. The molecule has 4 aromatic rings. The van der Waals surface area contributed by atoms with E-state index in [0.717, 1.165) is 31.2 Å². The van der Waals surface area contributed by atoms with Crippen molar-refractivity contribution in [1.29, 1.82) is 0 Å². The van der Waals surface area contributed by atoms with Gasteiger partial charge in [-0.05, 0) is 42.7 Å². The van der Waals surface area contributed by atoms with Crippen LogP contribution in [0.4, 0.5) is 19.6 Å². The highest BCUT2D eigenvalue weighted by Crippen LogP contribution is 2.38. The van der Waals surface area contributed by atoms with Crippen LogP contribution in [0.5, 0.6) is 0 Å². The Kier molecular flexibility index (Phi) is 5.24. The fourth-order valence-corrected chi connectivity index (χ4v) is 5.11. The third-order valence-electron chi connectivity index (χ3n) is 5.80. The van der Waals surface area contributed by atoms with E-state index in [2.05, 4.69) is 10.3 Å². The van der Waals surface area contributed by atoms with Crippen LogP contribution >= 0.6 is 11.3 Å². The minimum absolute atomic E-state index is 0.112. The predicted octanol–water partition coefficient (Wildman–Crippen LogP) is 7.36. The van der Waals surface area contributed by atoms with Crippen molar-refractivity contribution in [3.8, 4) is 11.1 Å². The molecule has 6 heteroatoms. The molecular formula is C25H20F2N2OS. The molecule has 1 N–H and O–H groups in total. The van der Waals surface area contributed by atoms with Crippen LogP contribution in [0.1, 0.15) is 36.0 Å². The molecule has 3 nitrogen and oxygen atoms in total. The van der Waals surface area contributed by atoms with Crippen LogP contribution in [0.15, 0.2) is 60.7 Å². The number of rotatable bonds is 5. The third kappa shape index (κ3) is 3.83. The average molecular weight is 435 g/mol. The van der Waals surface area contributed by atoms with Crippen LogP contribution in [0, 0.1) is 17.6 Å². The largest absolute Gasteiger partial charge is 0.329 e. The highest BCUT2D eigenvalue weighted by Gasteiger charge is 2.28. The van der Waals surface area contributed by atoms with E-state index in [1.165, 1.54) is 23.5 Å². The topological polar surface area (TPSA) is 42.0 Å². The van der Waals surface area contributed by atoms with Crippen molar-refractivity contribution in [2.45, 2.75) is 25.7 Å². The Bertz CT molecular complexity index is 1260. The molecule has 1 heterocycles. The predicted molar refractivity (Wildman–Crippen MR) is 121 cm³/mol. The van der Waals surface area contributed by atoms with E-state index >= 15 is 4.39 Å². The summed E-state index contributed by atoms with van der Waals surface area (Å²) in [7, 11) is 0. The van der Waals surface area contributed by atoms with Crippen molar-refractivity contribution in [3.63, 3.8) is 0 Å². The maximum absolute atomic E-state index is 15.8. The second-order valence-corrected chi connectivity index (χ2v) is 8.85. The maximum Gasteiger partial charge on any atom is 0.188 e. The Labute approximate surface area is 182 Å². The lowest BCUT2D eigenvalue weighted by Gasteiger charge is -2.16.